The monoisotopic (exact) mass is 333 g/mol. The fraction of sp³-hybridized carbons (Fsp3) is 0.833. The lowest BCUT2D eigenvalue weighted by atomic mass is 9.98. The number of carbonyl (C=O) groups is 2. The van der Waals surface area contributed by atoms with Crippen molar-refractivity contribution in [2.45, 2.75) is 45.8 Å². The van der Waals surface area contributed by atoms with Gasteiger partial charge in [0.25, 0.3) is 0 Å². The van der Waals surface area contributed by atoms with Crippen molar-refractivity contribution in [2.75, 3.05) is 13.6 Å². The van der Waals surface area contributed by atoms with E-state index in [-0.39, 0.29) is 6.54 Å². The Kier molecular flexibility index (Phi) is 7.91. The molecule has 0 unspecified atom stereocenters. The molecule has 1 amide bonds. The predicted molar refractivity (Wildman–Crippen MR) is 79.1 cm³/mol. The number of carboxylic acid groups (broad SMARTS) is 1. The van der Waals surface area contributed by atoms with Crippen LogP contribution in [0.2, 0.25) is 0 Å². The second kappa shape index (κ2) is 8.86. The van der Waals surface area contributed by atoms with Crippen molar-refractivity contribution in [1.29, 1.82) is 0 Å². The molecule has 132 valence electrons. The van der Waals surface area contributed by atoms with E-state index in [0.717, 1.165) is 0 Å². The minimum atomic E-state index is -1.20. The topological polar surface area (TPSA) is 147 Å². The molecule has 0 saturated heterocycles. The molecular formula is C12H23N5O6. The third-order valence-electron chi connectivity index (χ3n) is 2.68. The Balaban J connectivity index is 4.57. The van der Waals surface area contributed by atoms with E-state index in [4.69, 9.17) is 4.74 Å². The summed E-state index contributed by atoms with van der Waals surface area (Å²) in [6.45, 7) is 6.87. The number of nitrogens with zero attached hydrogens (tertiary/aromatic N) is 4. The second-order valence-electron chi connectivity index (χ2n) is 6.03. The van der Waals surface area contributed by atoms with Crippen LogP contribution in [-0.4, -0.2) is 52.4 Å². The SMILES string of the molecule is C[C@H](CCN(C)N=N[N+](=O)[O-])[C@H](NC(=O)OC(C)(C)C)C(=O)O. The number of amides is 1. The highest BCUT2D eigenvalue weighted by molar-refractivity contribution is 5.80. The van der Waals surface area contributed by atoms with Gasteiger partial charge in [-0.1, -0.05) is 6.92 Å². The van der Waals surface area contributed by atoms with Crippen LogP contribution >= 0.6 is 0 Å². The van der Waals surface area contributed by atoms with Gasteiger partial charge in [-0.3, -0.25) is 0 Å². The normalized spacial score (nSPS) is 14.1. The van der Waals surface area contributed by atoms with Gasteiger partial charge >= 0.3 is 12.1 Å². The molecule has 0 saturated carbocycles. The van der Waals surface area contributed by atoms with Gasteiger partial charge < -0.3 is 25.3 Å². The summed E-state index contributed by atoms with van der Waals surface area (Å²) in [5, 5.41) is 27.9. The number of hydrogen-bond acceptors (Lipinski definition) is 6. The first kappa shape index (κ1) is 20.5. The number of nitro groups is 1. The molecule has 23 heavy (non-hydrogen) atoms. The van der Waals surface area contributed by atoms with Crippen LogP contribution < -0.4 is 5.32 Å². The van der Waals surface area contributed by atoms with Gasteiger partial charge in [-0.05, 0) is 33.1 Å². The van der Waals surface area contributed by atoms with E-state index in [1.165, 1.54) is 12.1 Å². The minimum absolute atomic E-state index is 0.234. The zero-order valence-corrected chi connectivity index (χ0v) is 13.8. The lowest BCUT2D eigenvalue weighted by Gasteiger charge is -2.25. The molecule has 0 spiro atoms. The molecular weight excluding hydrogens is 310 g/mol. The summed E-state index contributed by atoms with van der Waals surface area (Å²) in [5.74, 6) is -1.65. The Morgan fingerprint density at radius 1 is 1.43 bits per heavy atom. The van der Waals surface area contributed by atoms with Gasteiger partial charge in [-0.25, -0.2) is 9.59 Å². The number of ether oxygens (including phenoxy) is 1. The number of alkyl carbamates (subject to hydrolysis) is 1. The maximum absolute atomic E-state index is 11.7. The lowest BCUT2D eigenvalue weighted by Crippen LogP contribution is -2.47. The molecule has 0 heterocycles. The first-order chi connectivity index (χ1) is 10.4. The maximum atomic E-state index is 11.7. The van der Waals surface area contributed by atoms with Crippen LogP contribution in [0, 0.1) is 16.0 Å². The van der Waals surface area contributed by atoms with Crippen LogP contribution in [0.1, 0.15) is 34.1 Å². The quantitative estimate of drug-likeness (QED) is 0.388. The molecule has 2 N–H and O–H groups in total. The molecule has 0 aliphatic heterocycles. The molecule has 0 bridgehead atoms. The van der Waals surface area contributed by atoms with Crippen molar-refractivity contribution in [3.63, 3.8) is 0 Å². The molecule has 0 fully saturated rings. The first-order valence-corrected chi connectivity index (χ1v) is 6.91. The third-order valence-corrected chi connectivity index (χ3v) is 2.68. The molecule has 11 heteroatoms. The van der Waals surface area contributed by atoms with Crippen molar-refractivity contribution in [3.05, 3.63) is 10.1 Å². The van der Waals surface area contributed by atoms with Crippen molar-refractivity contribution in [2.24, 2.45) is 16.4 Å². The summed E-state index contributed by atoms with van der Waals surface area (Å²) >= 11 is 0. The van der Waals surface area contributed by atoms with Gasteiger partial charge in [-0.2, -0.15) is 5.01 Å². The third kappa shape index (κ3) is 9.98. The van der Waals surface area contributed by atoms with Gasteiger partial charge in [0.2, 0.25) is 5.22 Å². The van der Waals surface area contributed by atoms with Crippen LogP contribution in [0.3, 0.4) is 0 Å². The van der Waals surface area contributed by atoms with Crippen LogP contribution in [0.5, 0.6) is 0 Å². The molecule has 0 radical (unpaired) electrons. The summed E-state index contributed by atoms with van der Waals surface area (Å²) in [6.07, 6.45) is -0.502. The molecule has 2 atom stereocenters. The molecule has 0 aliphatic carbocycles. The molecule has 0 aliphatic rings. The van der Waals surface area contributed by atoms with Gasteiger partial charge in [0.15, 0.2) is 5.22 Å². The first-order valence-electron chi connectivity index (χ1n) is 6.91. The van der Waals surface area contributed by atoms with E-state index < -0.39 is 34.7 Å². The van der Waals surface area contributed by atoms with Crippen molar-refractivity contribution >= 4 is 12.1 Å². The van der Waals surface area contributed by atoms with Gasteiger partial charge in [0.05, 0.1) is 11.6 Å². The van der Waals surface area contributed by atoms with Crippen molar-refractivity contribution in [3.8, 4) is 0 Å². The zero-order chi connectivity index (χ0) is 18.2. The summed E-state index contributed by atoms with van der Waals surface area (Å²) in [7, 11) is 1.47. The van der Waals surface area contributed by atoms with E-state index in [0.29, 0.717) is 6.42 Å². The van der Waals surface area contributed by atoms with Gasteiger partial charge in [-0.15, -0.1) is 0 Å². The number of carbonyl (C=O) groups excluding carboxylic acids is 1. The second-order valence-corrected chi connectivity index (χ2v) is 6.03. The van der Waals surface area contributed by atoms with Crippen LogP contribution in [0.25, 0.3) is 0 Å². The van der Waals surface area contributed by atoms with E-state index in [1.54, 1.807) is 27.7 Å². The maximum Gasteiger partial charge on any atom is 0.408 e. The highest BCUT2D eigenvalue weighted by atomic mass is 16.7. The van der Waals surface area contributed by atoms with E-state index in [2.05, 4.69) is 15.8 Å². The molecule has 0 aromatic rings. The number of aliphatic carboxylic acids is 1. The van der Waals surface area contributed by atoms with Crippen LogP contribution in [0.4, 0.5) is 4.79 Å². The largest absolute Gasteiger partial charge is 0.480 e. The summed E-state index contributed by atoms with van der Waals surface area (Å²) in [5.41, 5.74) is -0.737. The lowest BCUT2D eigenvalue weighted by molar-refractivity contribution is -0.496. The Hall–Kier alpha value is -2.46. The summed E-state index contributed by atoms with van der Waals surface area (Å²) < 4.78 is 5.03. The fourth-order valence-electron chi connectivity index (χ4n) is 1.58. The Bertz CT molecular complexity index is 461. The fourth-order valence-corrected chi connectivity index (χ4v) is 1.58. The van der Waals surface area contributed by atoms with E-state index >= 15 is 0 Å². The molecule has 0 aromatic carbocycles. The van der Waals surface area contributed by atoms with Gasteiger partial charge in [0.1, 0.15) is 11.6 Å². The number of carboxylic acids is 1. The smallest absolute Gasteiger partial charge is 0.408 e. The summed E-state index contributed by atoms with van der Waals surface area (Å²) in [6, 6.07) is -1.15. The standard InChI is InChI=1S/C12H23N5O6/c1-8(6-7-16(5)14-15-17(21)22)9(10(18)19)13-11(20)23-12(2,3)4/h8-9H,6-7H2,1-5H3,(H,13,20)(H,18,19)/t8-,9+/m1/s1. The number of hydrogen-bond donors (Lipinski definition) is 2. The Morgan fingerprint density at radius 3 is 2.43 bits per heavy atom. The summed E-state index contributed by atoms with van der Waals surface area (Å²) in [4.78, 5) is 33.0. The highest BCUT2D eigenvalue weighted by Gasteiger charge is 2.29. The minimum Gasteiger partial charge on any atom is -0.480 e. The average Bonchev–Trinajstić information content (AvgIpc) is 2.37. The Morgan fingerprint density at radius 2 is 2.00 bits per heavy atom. The Labute approximate surface area is 133 Å². The highest BCUT2D eigenvalue weighted by Crippen LogP contribution is 2.12. The van der Waals surface area contributed by atoms with Crippen molar-refractivity contribution in [1.82, 2.24) is 10.3 Å². The molecule has 0 rings (SSSR count). The number of rotatable bonds is 8. The van der Waals surface area contributed by atoms with Gasteiger partial charge in [0, 0.05) is 7.05 Å². The average molecular weight is 333 g/mol. The van der Waals surface area contributed by atoms with E-state index in [9.17, 15) is 24.8 Å². The number of nitrogens with one attached hydrogen (secondary N) is 1. The van der Waals surface area contributed by atoms with Crippen LogP contribution in [0.15, 0.2) is 10.4 Å². The zero-order valence-electron chi connectivity index (χ0n) is 13.8. The molecule has 11 nitrogen and oxygen atoms in total. The molecule has 0 aromatic heterocycles. The van der Waals surface area contributed by atoms with Crippen LogP contribution in [-0.2, 0) is 9.53 Å². The predicted octanol–water partition coefficient (Wildman–Crippen LogP) is 1.48. The van der Waals surface area contributed by atoms with Crippen molar-refractivity contribution < 1.29 is 24.5 Å². The van der Waals surface area contributed by atoms with E-state index in [1.807, 2.05) is 0 Å².